The van der Waals surface area contributed by atoms with Crippen LogP contribution < -0.4 is 5.32 Å². The molecule has 0 radical (unpaired) electrons. The van der Waals surface area contributed by atoms with E-state index in [0.29, 0.717) is 0 Å². The Morgan fingerprint density at radius 2 is 1.88 bits per heavy atom. The summed E-state index contributed by atoms with van der Waals surface area (Å²) in [5.41, 5.74) is 2.64. The minimum atomic E-state index is -0.0777. The molecule has 0 spiro atoms. The van der Waals surface area contributed by atoms with E-state index in [2.05, 4.69) is 11.6 Å². The molecule has 90 valence electrons. The third-order valence-corrected chi connectivity index (χ3v) is 3.22. The maximum Gasteiger partial charge on any atom is 0.129 e. The lowest BCUT2D eigenvalue weighted by atomic mass is 10.1. The Morgan fingerprint density at radius 3 is 2.44 bits per heavy atom. The van der Waals surface area contributed by atoms with Crippen LogP contribution in [0, 0.1) is 19.7 Å². The highest BCUT2D eigenvalue weighted by Crippen LogP contribution is 2.14. The lowest BCUT2D eigenvalue weighted by molar-refractivity contribution is 0.606. The summed E-state index contributed by atoms with van der Waals surface area (Å²) in [4.78, 5) is 0. The van der Waals surface area contributed by atoms with E-state index in [9.17, 15) is 4.39 Å². The molecule has 0 bridgehead atoms. The molecule has 1 aromatic carbocycles. The van der Waals surface area contributed by atoms with Gasteiger partial charge in [-0.1, -0.05) is 12.1 Å². The molecule has 1 aromatic rings. The Kier molecular flexibility index (Phi) is 5.85. The molecule has 0 saturated carbocycles. The first-order valence-corrected chi connectivity index (χ1v) is 7.00. The highest BCUT2D eigenvalue weighted by Gasteiger charge is 2.03. The Bertz CT molecular complexity index is 316. The Morgan fingerprint density at radius 1 is 1.25 bits per heavy atom. The van der Waals surface area contributed by atoms with Crippen LogP contribution in [0.3, 0.4) is 0 Å². The van der Waals surface area contributed by atoms with E-state index in [1.165, 1.54) is 17.7 Å². The zero-order valence-electron chi connectivity index (χ0n) is 10.3. The Hall–Kier alpha value is -0.540. The summed E-state index contributed by atoms with van der Waals surface area (Å²) in [6.07, 6.45) is 3.30. The monoisotopic (exact) mass is 241 g/mol. The summed E-state index contributed by atoms with van der Waals surface area (Å²) in [5.74, 6) is 1.11. The van der Waals surface area contributed by atoms with E-state index in [-0.39, 0.29) is 5.82 Å². The van der Waals surface area contributed by atoms with Gasteiger partial charge in [-0.25, -0.2) is 4.39 Å². The smallest absolute Gasteiger partial charge is 0.129 e. The molecule has 1 nitrogen and oxygen atoms in total. The molecule has 0 saturated heterocycles. The van der Waals surface area contributed by atoms with Gasteiger partial charge in [-0.2, -0.15) is 11.8 Å². The first-order valence-electron chi connectivity index (χ1n) is 5.60. The molecule has 0 heterocycles. The second-order valence-electron chi connectivity index (χ2n) is 4.07. The van der Waals surface area contributed by atoms with Crippen molar-refractivity contribution in [2.75, 3.05) is 18.6 Å². The standard InChI is InChI=1S/C13H20FNS/c1-10-7-12(8-11(2)13(10)14)9-15-5-4-6-16-3/h7-8,15H,4-6,9H2,1-3H3. The Labute approximate surface area is 102 Å². The predicted octanol–water partition coefficient (Wildman–Crippen LogP) is 3.29. The molecule has 1 rings (SSSR count). The SMILES string of the molecule is CSCCCNCc1cc(C)c(F)c(C)c1. The van der Waals surface area contributed by atoms with Gasteiger partial charge in [-0.05, 0) is 55.5 Å². The van der Waals surface area contributed by atoms with Gasteiger partial charge in [0.25, 0.3) is 0 Å². The lowest BCUT2D eigenvalue weighted by Gasteiger charge is -2.08. The highest BCUT2D eigenvalue weighted by atomic mass is 32.2. The second kappa shape index (κ2) is 6.92. The van der Waals surface area contributed by atoms with Crippen molar-refractivity contribution < 1.29 is 4.39 Å². The van der Waals surface area contributed by atoms with Crippen LogP contribution in [0.4, 0.5) is 4.39 Å². The number of thioether (sulfide) groups is 1. The van der Waals surface area contributed by atoms with Gasteiger partial charge in [0, 0.05) is 6.54 Å². The number of rotatable bonds is 6. The molecule has 0 amide bonds. The lowest BCUT2D eigenvalue weighted by Crippen LogP contribution is -2.15. The van der Waals surface area contributed by atoms with E-state index < -0.39 is 0 Å². The highest BCUT2D eigenvalue weighted by molar-refractivity contribution is 7.98. The average molecular weight is 241 g/mol. The van der Waals surface area contributed by atoms with Crippen molar-refractivity contribution in [1.82, 2.24) is 5.32 Å². The maximum absolute atomic E-state index is 13.4. The molecule has 16 heavy (non-hydrogen) atoms. The fourth-order valence-corrected chi connectivity index (χ4v) is 2.14. The van der Waals surface area contributed by atoms with Crippen molar-refractivity contribution in [3.63, 3.8) is 0 Å². The van der Waals surface area contributed by atoms with E-state index in [4.69, 9.17) is 0 Å². The molecule has 3 heteroatoms. The molecule has 0 aliphatic rings. The van der Waals surface area contributed by atoms with Crippen LogP contribution in [0.15, 0.2) is 12.1 Å². The fraction of sp³-hybridized carbons (Fsp3) is 0.538. The van der Waals surface area contributed by atoms with Crippen molar-refractivity contribution in [3.05, 3.63) is 34.6 Å². The number of hydrogen-bond acceptors (Lipinski definition) is 2. The van der Waals surface area contributed by atoms with Crippen LogP contribution in [0.2, 0.25) is 0 Å². The van der Waals surface area contributed by atoms with Gasteiger partial charge in [0.05, 0.1) is 0 Å². The maximum atomic E-state index is 13.4. The van der Waals surface area contributed by atoms with Gasteiger partial charge >= 0.3 is 0 Å². The van der Waals surface area contributed by atoms with Crippen molar-refractivity contribution in [2.24, 2.45) is 0 Å². The summed E-state index contributed by atoms with van der Waals surface area (Å²) < 4.78 is 13.4. The van der Waals surface area contributed by atoms with E-state index in [1.54, 1.807) is 0 Å². The van der Waals surface area contributed by atoms with Gasteiger partial charge in [0.1, 0.15) is 5.82 Å². The van der Waals surface area contributed by atoms with Gasteiger partial charge in [0.15, 0.2) is 0 Å². The molecule has 0 unspecified atom stereocenters. The summed E-state index contributed by atoms with van der Waals surface area (Å²) >= 11 is 1.87. The van der Waals surface area contributed by atoms with Crippen molar-refractivity contribution in [2.45, 2.75) is 26.8 Å². The molecular formula is C13H20FNS. The van der Waals surface area contributed by atoms with Crippen molar-refractivity contribution >= 4 is 11.8 Å². The van der Waals surface area contributed by atoms with Crippen molar-refractivity contribution in [3.8, 4) is 0 Å². The summed E-state index contributed by atoms with van der Waals surface area (Å²) in [6, 6.07) is 3.84. The predicted molar refractivity (Wildman–Crippen MR) is 70.6 cm³/mol. The molecule has 0 aromatic heterocycles. The summed E-state index contributed by atoms with van der Waals surface area (Å²) in [7, 11) is 0. The quantitative estimate of drug-likeness (QED) is 0.767. The topological polar surface area (TPSA) is 12.0 Å². The van der Waals surface area contributed by atoms with Gasteiger partial charge in [-0.15, -0.1) is 0 Å². The molecule has 0 aliphatic heterocycles. The first kappa shape index (κ1) is 13.5. The van der Waals surface area contributed by atoms with Crippen LogP contribution >= 0.6 is 11.8 Å². The number of benzene rings is 1. The largest absolute Gasteiger partial charge is 0.313 e. The first-order chi connectivity index (χ1) is 7.65. The molecule has 0 fully saturated rings. The van der Waals surface area contributed by atoms with Crippen LogP contribution in [0.1, 0.15) is 23.1 Å². The molecule has 1 N–H and O–H groups in total. The van der Waals surface area contributed by atoms with E-state index in [0.717, 1.165) is 24.2 Å². The van der Waals surface area contributed by atoms with Gasteiger partial charge in [0.2, 0.25) is 0 Å². The zero-order valence-corrected chi connectivity index (χ0v) is 11.1. The van der Waals surface area contributed by atoms with Crippen molar-refractivity contribution in [1.29, 1.82) is 0 Å². The van der Waals surface area contributed by atoms with Crippen LogP contribution in [-0.4, -0.2) is 18.6 Å². The number of hydrogen-bond donors (Lipinski definition) is 1. The summed E-state index contributed by atoms with van der Waals surface area (Å²) in [5, 5.41) is 3.37. The van der Waals surface area contributed by atoms with E-state index in [1.807, 2.05) is 37.7 Å². The van der Waals surface area contributed by atoms with Gasteiger partial charge in [-0.3, -0.25) is 0 Å². The zero-order chi connectivity index (χ0) is 12.0. The number of halogens is 1. The molecular weight excluding hydrogens is 221 g/mol. The third-order valence-electron chi connectivity index (χ3n) is 2.53. The fourth-order valence-electron chi connectivity index (χ4n) is 1.71. The number of nitrogens with one attached hydrogen (secondary N) is 1. The summed E-state index contributed by atoms with van der Waals surface area (Å²) in [6.45, 7) is 5.49. The average Bonchev–Trinajstić information content (AvgIpc) is 2.25. The van der Waals surface area contributed by atoms with E-state index >= 15 is 0 Å². The molecule has 0 atom stereocenters. The van der Waals surface area contributed by atoms with Gasteiger partial charge < -0.3 is 5.32 Å². The second-order valence-corrected chi connectivity index (χ2v) is 5.05. The number of aryl methyl sites for hydroxylation is 2. The third kappa shape index (κ3) is 4.14. The molecule has 0 aliphatic carbocycles. The normalized spacial score (nSPS) is 10.8. The van der Waals surface area contributed by atoms with Crippen LogP contribution in [0.25, 0.3) is 0 Å². The Balaban J connectivity index is 2.43. The minimum absolute atomic E-state index is 0.0777. The van der Waals surface area contributed by atoms with Crippen LogP contribution in [-0.2, 0) is 6.54 Å². The van der Waals surface area contributed by atoms with Crippen LogP contribution in [0.5, 0.6) is 0 Å². The minimum Gasteiger partial charge on any atom is -0.313 e.